The summed E-state index contributed by atoms with van der Waals surface area (Å²) in [4.78, 5) is 46.9. The second-order valence-corrected chi connectivity index (χ2v) is 10.3. The van der Waals surface area contributed by atoms with E-state index in [1.165, 1.54) is 29.7 Å². The fourth-order valence-electron chi connectivity index (χ4n) is 3.90. The highest BCUT2D eigenvalue weighted by Gasteiger charge is 2.20. The van der Waals surface area contributed by atoms with Crippen LogP contribution in [0.15, 0.2) is 76.8 Å². The van der Waals surface area contributed by atoms with Crippen LogP contribution in [0, 0.1) is 13.8 Å². The number of aromatic nitrogens is 1. The molecule has 0 atom stereocenters. The first-order chi connectivity index (χ1) is 22.6. The van der Waals surface area contributed by atoms with Crippen LogP contribution >= 0.6 is 0 Å². The molecule has 0 aliphatic heterocycles. The highest BCUT2D eigenvalue weighted by atomic mass is 16.4. The molecule has 3 aromatic rings. The molecule has 0 unspecified atom stereocenters. The lowest BCUT2D eigenvalue weighted by atomic mass is 10.1. The van der Waals surface area contributed by atoms with E-state index in [1.54, 1.807) is 36.5 Å². The number of nitrogens with two attached hydrogens (primary N) is 1. The highest BCUT2D eigenvalue weighted by Crippen LogP contribution is 2.23. The van der Waals surface area contributed by atoms with E-state index in [-0.39, 0.29) is 25.3 Å². The molecule has 47 heavy (non-hydrogen) atoms. The first-order valence-electron chi connectivity index (χ1n) is 16.1. The van der Waals surface area contributed by atoms with Gasteiger partial charge >= 0.3 is 5.97 Å². The van der Waals surface area contributed by atoms with E-state index >= 15 is 0 Å². The van der Waals surface area contributed by atoms with Gasteiger partial charge in [0, 0.05) is 36.1 Å². The molecule has 10 heteroatoms. The van der Waals surface area contributed by atoms with Crippen molar-refractivity contribution in [1.82, 2.24) is 4.98 Å². The van der Waals surface area contributed by atoms with E-state index in [4.69, 9.17) is 20.7 Å². The molecule has 0 radical (unpaired) electrons. The number of aryl methyl sites for hydroxylation is 2. The number of hydrogen-bond acceptors (Lipinski definition) is 6. The largest absolute Gasteiger partial charge is 0.483 e. The molecular weight excluding hydrogens is 594 g/mol. The molecule has 0 saturated heterocycles. The van der Waals surface area contributed by atoms with Crippen LogP contribution in [0.5, 0.6) is 0 Å². The van der Waals surface area contributed by atoms with E-state index in [2.05, 4.69) is 40.9 Å². The molecule has 1 aromatic heterocycles. The van der Waals surface area contributed by atoms with Crippen molar-refractivity contribution in [3.8, 4) is 0 Å². The normalized spacial score (nSPS) is 10.6. The third-order valence-corrected chi connectivity index (χ3v) is 6.64. The Labute approximate surface area is 280 Å². The molecular formula is C37H53N5O5. The van der Waals surface area contributed by atoms with Crippen LogP contribution in [0.3, 0.4) is 0 Å². The van der Waals surface area contributed by atoms with Crippen LogP contribution in [-0.4, -0.2) is 58.2 Å². The van der Waals surface area contributed by atoms with Gasteiger partial charge in [-0.2, -0.15) is 0 Å². The summed E-state index contributed by atoms with van der Waals surface area (Å²) in [7, 11) is 0. The summed E-state index contributed by atoms with van der Waals surface area (Å²) < 4.78 is 0. The Kier molecular flexibility index (Phi) is 22.7. The fraction of sp³-hybridized carbons (Fsp3) is 0.405. The van der Waals surface area contributed by atoms with Gasteiger partial charge in [0.1, 0.15) is 11.7 Å². The van der Waals surface area contributed by atoms with E-state index < -0.39 is 5.97 Å². The number of benzene rings is 2. The van der Waals surface area contributed by atoms with Crippen LogP contribution in [0.2, 0.25) is 0 Å². The van der Waals surface area contributed by atoms with Gasteiger partial charge in [-0.3, -0.25) is 29.3 Å². The monoisotopic (exact) mass is 647 g/mol. The van der Waals surface area contributed by atoms with Crippen molar-refractivity contribution in [2.45, 2.75) is 87.0 Å². The molecule has 3 rings (SSSR count). The number of amidine groups is 1. The molecule has 0 bridgehead atoms. The van der Waals surface area contributed by atoms with Gasteiger partial charge in [-0.15, -0.1) is 0 Å². The molecule has 0 spiro atoms. The molecule has 0 fully saturated rings. The Balaban J connectivity index is 0.000000860. The number of aliphatic carboxylic acids is 1. The van der Waals surface area contributed by atoms with Crippen molar-refractivity contribution in [3.05, 3.63) is 89.1 Å². The number of carboxylic acid groups (broad SMARTS) is 2. The van der Waals surface area contributed by atoms with Gasteiger partial charge < -0.3 is 15.9 Å². The maximum Gasteiger partial charge on any atom is 0.305 e. The van der Waals surface area contributed by atoms with Gasteiger partial charge in [-0.25, -0.2) is 4.98 Å². The van der Waals surface area contributed by atoms with Gasteiger partial charge in [-0.05, 0) is 63.4 Å². The lowest BCUT2D eigenvalue weighted by molar-refractivity contribution is -0.136. The van der Waals surface area contributed by atoms with Crippen molar-refractivity contribution < 1.29 is 24.6 Å². The second kappa shape index (κ2) is 25.3. The van der Waals surface area contributed by atoms with Gasteiger partial charge in [-0.1, -0.05) is 88.9 Å². The summed E-state index contributed by atoms with van der Waals surface area (Å²) in [5.74, 6) is -0.173. The van der Waals surface area contributed by atoms with Crippen LogP contribution in [0.1, 0.15) is 100 Å². The third-order valence-electron chi connectivity index (χ3n) is 6.64. The number of anilines is 1. The van der Waals surface area contributed by atoms with E-state index in [0.29, 0.717) is 17.2 Å². The number of carboxylic acids is 1. The minimum absolute atomic E-state index is 0.0473. The minimum atomic E-state index is -0.966. The molecule has 1 amide bonds. The predicted molar refractivity (Wildman–Crippen MR) is 193 cm³/mol. The summed E-state index contributed by atoms with van der Waals surface area (Å²) in [6.45, 7) is 14.8. The van der Waals surface area contributed by atoms with Gasteiger partial charge in [0.15, 0.2) is 0 Å². The zero-order valence-electron chi connectivity index (χ0n) is 29.1. The van der Waals surface area contributed by atoms with Crippen LogP contribution in [0.4, 0.5) is 11.5 Å². The van der Waals surface area contributed by atoms with Crippen molar-refractivity contribution in [3.63, 3.8) is 0 Å². The number of carbonyl (C=O) groups excluding carboxylic acids is 1. The number of nitrogens with zero attached hydrogens (tertiary/aromatic N) is 4. The number of unbranched alkanes of at least 4 members (excludes halogenated alkanes) is 3. The smallest absolute Gasteiger partial charge is 0.305 e. The van der Waals surface area contributed by atoms with Crippen molar-refractivity contribution in [1.29, 1.82) is 0 Å². The number of amides is 1. The average molecular weight is 648 g/mol. The summed E-state index contributed by atoms with van der Waals surface area (Å²) in [5, 5.41) is 15.9. The molecule has 2 aromatic carbocycles. The van der Waals surface area contributed by atoms with Gasteiger partial charge in [0.05, 0.1) is 12.1 Å². The zero-order valence-corrected chi connectivity index (χ0v) is 29.1. The third kappa shape index (κ3) is 17.4. The maximum atomic E-state index is 13.0. The average Bonchev–Trinajstić information content (AvgIpc) is 3.07. The maximum absolute atomic E-state index is 13.0. The summed E-state index contributed by atoms with van der Waals surface area (Å²) in [5.41, 5.74) is 11.3. The molecule has 256 valence electrons. The molecule has 10 nitrogen and oxygen atoms in total. The number of aliphatic imine (C=N–C) groups is 2. The number of rotatable bonds is 13. The first-order valence-corrected chi connectivity index (χ1v) is 16.1. The van der Waals surface area contributed by atoms with E-state index in [0.717, 1.165) is 41.9 Å². The van der Waals surface area contributed by atoms with E-state index in [9.17, 15) is 9.59 Å². The fourth-order valence-corrected chi connectivity index (χ4v) is 3.90. The molecule has 4 N–H and O–H groups in total. The minimum Gasteiger partial charge on any atom is -0.483 e. The molecule has 0 aliphatic carbocycles. The summed E-state index contributed by atoms with van der Waals surface area (Å²) in [6, 6.07) is 18.7. The Morgan fingerprint density at radius 2 is 1.60 bits per heavy atom. The highest BCUT2D eigenvalue weighted by molar-refractivity contribution is 6.06. The van der Waals surface area contributed by atoms with Crippen LogP contribution in [0.25, 0.3) is 0 Å². The number of pyridine rings is 1. The Morgan fingerprint density at radius 1 is 0.957 bits per heavy atom. The molecule has 1 heterocycles. The molecule has 0 saturated carbocycles. The van der Waals surface area contributed by atoms with E-state index in [1.807, 2.05) is 52.8 Å². The van der Waals surface area contributed by atoms with Crippen LogP contribution in [-0.2, 0) is 9.59 Å². The lowest BCUT2D eigenvalue weighted by Gasteiger charge is -2.21. The number of hydrogen-bond donors (Lipinski definition) is 3. The van der Waals surface area contributed by atoms with Crippen LogP contribution < -0.4 is 10.6 Å². The quantitative estimate of drug-likeness (QED) is 0.0733. The Morgan fingerprint density at radius 3 is 2.15 bits per heavy atom. The zero-order chi connectivity index (χ0) is 35.6. The van der Waals surface area contributed by atoms with Crippen molar-refractivity contribution in [2.75, 3.05) is 18.0 Å². The Hall–Kier alpha value is -4.86. The second-order valence-electron chi connectivity index (χ2n) is 10.3. The standard InChI is InChI=1S/C20H23N3O3.C14H22N2.C2H6.CH2O2/c1-4-15(3)22-17-13-16(9-8-14(17)2)20(26)23(12-10-19(24)25)18-7-5-6-11-21-18;1-3-4-5-6-11-16-14(15)13-9-7-12(2)8-10-13;1-2;2-1-3/h5-9,11,13H,4,10,12H2,1-3H3,(H,24,25);7-10H,3-6,11H2,1-2H3,(H2,15,16);1-2H3;1H,(H,2,3). The predicted octanol–water partition coefficient (Wildman–Crippen LogP) is 8.02. The van der Waals surface area contributed by atoms with Crippen molar-refractivity contribution >= 4 is 41.4 Å². The van der Waals surface area contributed by atoms with Gasteiger partial charge in [0.2, 0.25) is 0 Å². The summed E-state index contributed by atoms with van der Waals surface area (Å²) >= 11 is 0. The molecule has 0 aliphatic rings. The SMILES string of the molecule is CC.CCC(C)=Nc1cc(C(=O)N(CCC(=O)O)c2ccccn2)ccc1C.CCCCCCN=C(N)c1ccc(C)cc1.O=CO. The van der Waals surface area contributed by atoms with Gasteiger partial charge in [0.25, 0.3) is 12.4 Å². The first kappa shape index (κ1) is 42.1. The Bertz CT molecular complexity index is 1390. The van der Waals surface area contributed by atoms with Crippen molar-refractivity contribution in [2.24, 2.45) is 15.7 Å². The number of carbonyl (C=O) groups is 3. The lowest BCUT2D eigenvalue weighted by Crippen LogP contribution is -2.33. The summed E-state index contributed by atoms with van der Waals surface area (Å²) in [6.07, 6.45) is 7.19. The topological polar surface area (TPSA) is 159 Å².